The van der Waals surface area contributed by atoms with Crippen LogP contribution in [0.4, 0.5) is 0 Å². The van der Waals surface area contributed by atoms with Crippen molar-refractivity contribution in [3.63, 3.8) is 0 Å². The lowest BCUT2D eigenvalue weighted by Crippen LogP contribution is -2.36. The van der Waals surface area contributed by atoms with E-state index in [1.54, 1.807) is 25.8 Å². The molecule has 0 aliphatic rings. The minimum absolute atomic E-state index is 0.0983. The monoisotopic (exact) mass is 304 g/mol. The Bertz CT molecular complexity index is 654. The van der Waals surface area contributed by atoms with Crippen molar-refractivity contribution >= 4 is 5.91 Å². The molecule has 1 atom stereocenters. The zero-order valence-corrected chi connectivity index (χ0v) is 13.2. The van der Waals surface area contributed by atoms with E-state index in [2.05, 4.69) is 15.6 Å². The summed E-state index contributed by atoms with van der Waals surface area (Å²) in [6, 6.07) is 7.31. The molecule has 1 heterocycles. The number of rotatable bonds is 6. The second kappa shape index (κ2) is 7.04. The molecule has 0 aliphatic carbocycles. The van der Waals surface area contributed by atoms with Crippen molar-refractivity contribution in [2.45, 2.75) is 19.9 Å². The van der Waals surface area contributed by atoms with Gasteiger partial charge in [0.15, 0.2) is 5.69 Å². The van der Waals surface area contributed by atoms with E-state index in [-0.39, 0.29) is 11.9 Å². The Morgan fingerprint density at radius 2 is 2.18 bits per heavy atom. The first kappa shape index (κ1) is 16.0. The predicted molar refractivity (Wildman–Crippen MR) is 81.5 cm³/mol. The van der Waals surface area contributed by atoms with Crippen molar-refractivity contribution in [1.29, 1.82) is 0 Å². The number of carbonyl (C=O) groups is 1. The van der Waals surface area contributed by atoms with Crippen LogP contribution in [0.15, 0.2) is 24.3 Å². The number of ether oxygens (including phenoxy) is 2. The highest BCUT2D eigenvalue weighted by Crippen LogP contribution is 2.18. The lowest BCUT2D eigenvalue weighted by molar-refractivity contribution is 0.0900. The van der Waals surface area contributed by atoms with Crippen molar-refractivity contribution in [3.8, 4) is 11.4 Å². The van der Waals surface area contributed by atoms with Crippen molar-refractivity contribution in [2.24, 2.45) is 0 Å². The number of nitrogens with zero attached hydrogens (tertiary/aromatic N) is 3. The normalized spacial score (nSPS) is 12.0. The van der Waals surface area contributed by atoms with Crippen LogP contribution < -0.4 is 10.1 Å². The molecule has 2 aromatic rings. The van der Waals surface area contributed by atoms with Crippen molar-refractivity contribution < 1.29 is 14.3 Å². The van der Waals surface area contributed by atoms with Gasteiger partial charge in [-0.3, -0.25) is 4.79 Å². The summed E-state index contributed by atoms with van der Waals surface area (Å²) in [5.74, 6) is 0.448. The average Bonchev–Trinajstić information content (AvgIpc) is 2.89. The topological polar surface area (TPSA) is 78.3 Å². The van der Waals surface area contributed by atoms with Gasteiger partial charge in [-0.15, -0.1) is 5.10 Å². The van der Waals surface area contributed by atoms with Gasteiger partial charge in [0.2, 0.25) is 0 Å². The summed E-state index contributed by atoms with van der Waals surface area (Å²) in [7, 11) is 3.19. The van der Waals surface area contributed by atoms with E-state index in [1.165, 1.54) is 0 Å². The van der Waals surface area contributed by atoms with Crippen molar-refractivity contribution in [3.05, 3.63) is 35.7 Å². The fraction of sp³-hybridized carbons (Fsp3) is 0.400. The Hall–Kier alpha value is -2.41. The molecule has 2 rings (SSSR count). The molecular formula is C15H20N4O3. The number of nitrogens with one attached hydrogen (secondary N) is 1. The third-order valence-corrected chi connectivity index (χ3v) is 3.20. The maximum absolute atomic E-state index is 12.2. The van der Waals surface area contributed by atoms with Crippen LogP contribution in [0.3, 0.4) is 0 Å². The molecule has 0 fully saturated rings. The summed E-state index contributed by atoms with van der Waals surface area (Å²) in [6.45, 7) is 4.10. The number of aromatic nitrogens is 3. The molecule has 1 aromatic carbocycles. The summed E-state index contributed by atoms with van der Waals surface area (Å²) >= 11 is 0. The van der Waals surface area contributed by atoms with Gasteiger partial charge in [-0.25, -0.2) is 4.68 Å². The number of methoxy groups -OCH3 is 2. The Balaban J connectivity index is 2.23. The maximum atomic E-state index is 12.2. The first-order chi connectivity index (χ1) is 10.6. The van der Waals surface area contributed by atoms with Crippen LogP contribution in [-0.4, -0.2) is 47.8 Å². The largest absolute Gasteiger partial charge is 0.497 e. The van der Waals surface area contributed by atoms with E-state index in [0.717, 1.165) is 5.69 Å². The van der Waals surface area contributed by atoms with E-state index in [0.29, 0.717) is 23.7 Å². The van der Waals surface area contributed by atoms with Crippen molar-refractivity contribution in [2.75, 3.05) is 20.8 Å². The van der Waals surface area contributed by atoms with Crippen molar-refractivity contribution in [1.82, 2.24) is 20.3 Å². The molecular weight excluding hydrogens is 284 g/mol. The van der Waals surface area contributed by atoms with Gasteiger partial charge in [-0.2, -0.15) is 0 Å². The highest BCUT2D eigenvalue weighted by Gasteiger charge is 2.19. The van der Waals surface area contributed by atoms with Gasteiger partial charge >= 0.3 is 0 Å². The lowest BCUT2D eigenvalue weighted by Gasteiger charge is -2.11. The van der Waals surface area contributed by atoms with E-state index in [9.17, 15) is 4.79 Å². The number of hydrogen-bond acceptors (Lipinski definition) is 5. The Morgan fingerprint density at radius 3 is 2.86 bits per heavy atom. The minimum Gasteiger partial charge on any atom is -0.497 e. The molecule has 0 spiro atoms. The molecule has 0 saturated heterocycles. The van der Waals surface area contributed by atoms with E-state index < -0.39 is 0 Å². The molecule has 7 nitrogen and oxygen atoms in total. The van der Waals surface area contributed by atoms with Crippen LogP contribution in [0.1, 0.15) is 23.1 Å². The first-order valence-electron chi connectivity index (χ1n) is 6.93. The molecule has 118 valence electrons. The molecule has 0 bridgehead atoms. The van der Waals surface area contributed by atoms with Crippen LogP contribution in [-0.2, 0) is 4.74 Å². The summed E-state index contributed by atoms with van der Waals surface area (Å²) in [4.78, 5) is 12.2. The summed E-state index contributed by atoms with van der Waals surface area (Å²) < 4.78 is 11.8. The SMILES string of the molecule is COC[C@@H](C)NC(=O)c1nnn(-c2cccc(OC)c2)c1C. The first-order valence-corrected chi connectivity index (χ1v) is 6.93. The molecule has 0 unspecified atom stereocenters. The van der Waals surface area contributed by atoms with E-state index in [4.69, 9.17) is 9.47 Å². The standard InChI is InChI=1S/C15H20N4O3/c1-10(9-21-3)16-15(20)14-11(2)19(18-17-14)12-6-5-7-13(8-12)22-4/h5-8,10H,9H2,1-4H3,(H,16,20)/t10-/m1/s1. The third kappa shape index (κ3) is 3.43. The molecule has 1 N–H and O–H groups in total. The molecule has 22 heavy (non-hydrogen) atoms. The number of carbonyl (C=O) groups excluding carboxylic acids is 1. The molecule has 0 aliphatic heterocycles. The molecule has 0 saturated carbocycles. The molecule has 0 radical (unpaired) electrons. The predicted octanol–water partition coefficient (Wildman–Crippen LogP) is 1.35. The summed E-state index contributed by atoms with van der Waals surface area (Å²) in [5.41, 5.74) is 1.74. The van der Waals surface area contributed by atoms with Gasteiger partial charge in [-0.1, -0.05) is 11.3 Å². The van der Waals surface area contributed by atoms with Crippen LogP contribution >= 0.6 is 0 Å². The fourth-order valence-corrected chi connectivity index (χ4v) is 2.11. The number of hydrogen-bond donors (Lipinski definition) is 1. The maximum Gasteiger partial charge on any atom is 0.274 e. The van der Waals surface area contributed by atoms with Gasteiger partial charge in [0.05, 0.1) is 25.1 Å². The number of amides is 1. The zero-order valence-electron chi connectivity index (χ0n) is 13.2. The van der Waals surface area contributed by atoms with Crippen LogP contribution in [0, 0.1) is 6.92 Å². The van der Waals surface area contributed by atoms with E-state index >= 15 is 0 Å². The highest BCUT2D eigenvalue weighted by molar-refractivity contribution is 5.93. The summed E-state index contributed by atoms with van der Waals surface area (Å²) in [5, 5.41) is 10.9. The Morgan fingerprint density at radius 1 is 1.41 bits per heavy atom. The summed E-state index contributed by atoms with van der Waals surface area (Å²) in [6.07, 6.45) is 0. The van der Waals surface area contributed by atoms with Gasteiger partial charge in [0, 0.05) is 19.2 Å². The Kier molecular flexibility index (Phi) is 5.11. The quantitative estimate of drug-likeness (QED) is 0.871. The fourth-order valence-electron chi connectivity index (χ4n) is 2.11. The second-order valence-corrected chi connectivity index (χ2v) is 4.97. The zero-order chi connectivity index (χ0) is 16.1. The van der Waals surface area contributed by atoms with Gasteiger partial charge < -0.3 is 14.8 Å². The number of benzene rings is 1. The van der Waals surface area contributed by atoms with Crippen LogP contribution in [0.5, 0.6) is 5.75 Å². The van der Waals surface area contributed by atoms with Gasteiger partial charge in [0.1, 0.15) is 5.75 Å². The van der Waals surface area contributed by atoms with Gasteiger partial charge in [-0.05, 0) is 26.0 Å². The van der Waals surface area contributed by atoms with Crippen LogP contribution in [0.2, 0.25) is 0 Å². The smallest absolute Gasteiger partial charge is 0.274 e. The molecule has 1 aromatic heterocycles. The lowest BCUT2D eigenvalue weighted by atomic mass is 10.2. The third-order valence-electron chi connectivity index (χ3n) is 3.20. The Labute approximate surface area is 129 Å². The van der Waals surface area contributed by atoms with Crippen LogP contribution in [0.25, 0.3) is 5.69 Å². The average molecular weight is 304 g/mol. The second-order valence-electron chi connectivity index (χ2n) is 4.97. The van der Waals surface area contributed by atoms with E-state index in [1.807, 2.05) is 31.2 Å². The highest BCUT2D eigenvalue weighted by atomic mass is 16.5. The molecule has 7 heteroatoms. The minimum atomic E-state index is -0.267. The van der Waals surface area contributed by atoms with Gasteiger partial charge in [0.25, 0.3) is 5.91 Å². The molecule has 1 amide bonds.